The van der Waals surface area contributed by atoms with E-state index >= 15 is 0 Å². The number of benzene rings is 2. The predicted octanol–water partition coefficient (Wildman–Crippen LogP) is 4.66. The van der Waals surface area contributed by atoms with E-state index in [1.54, 1.807) is 0 Å². The number of anilines is 1. The number of rotatable bonds is 4. The number of aromatic hydroxyl groups is 1. The van der Waals surface area contributed by atoms with Crippen molar-refractivity contribution in [3.05, 3.63) is 80.2 Å². The van der Waals surface area contributed by atoms with Gasteiger partial charge in [0.05, 0.1) is 15.5 Å². The molecule has 0 bridgehead atoms. The van der Waals surface area contributed by atoms with E-state index in [1.165, 1.54) is 60.7 Å². The number of non-ortho nitro benzene ring substituents is 1. The number of thioether (sulfide) groups is 1. The molecule has 1 aliphatic heterocycles. The lowest BCUT2D eigenvalue weighted by atomic mass is 10.2. The van der Waals surface area contributed by atoms with Crippen molar-refractivity contribution in [1.82, 2.24) is 0 Å². The van der Waals surface area contributed by atoms with Gasteiger partial charge >= 0.3 is 0 Å². The first-order valence-corrected chi connectivity index (χ1v) is 8.73. The number of phenols is 1. The van der Waals surface area contributed by atoms with Gasteiger partial charge in [-0.25, -0.2) is 4.90 Å². The molecule has 9 heteroatoms. The van der Waals surface area contributed by atoms with E-state index in [0.29, 0.717) is 11.3 Å². The molecule has 0 radical (unpaired) electrons. The minimum absolute atomic E-state index is 0.0235. The Bertz CT molecular complexity index is 984. The number of halogens is 1. The van der Waals surface area contributed by atoms with Gasteiger partial charge in [0.2, 0.25) is 0 Å². The molecule has 1 fully saturated rings. The monoisotopic (exact) mass is 402 g/mol. The number of hydrogen-bond acceptors (Lipinski definition) is 6. The van der Waals surface area contributed by atoms with E-state index in [0.717, 1.165) is 16.7 Å². The van der Waals surface area contributed by atoms with Crippen LogP contribution in [0.1, 0.15) is 5.56 Å². The molecular weight excluding hydrogens is 392 g/mol. The Morgan fingerprint density at radius 1 is 1.11 bits per heavy atom. The van der Waals surface area contributed by atoms with Gasteiger partial charge in [0, 0.05) is 17.2 Å². The molecule has 0 aliphatic carbocycles. The molecule has 3 rings (SSSR count). The predicted molar refractivity (Wildman–Crippen MR) is 104 cm³/mol. The number of hydrogen-bond donors (Lipinski definition) is 1. The highest BCUT2D eigenvalue weighted by Crippen LogP contribution is 2.36. The normalized spacial score (nSPS) is 16.3. The van der Waals surface area contributed by atoms with E-state index in [9.17, 15) is 24.8 Å². The van der Waals surface area contributed by atoms with Crippen LogP contribution in [-0.4, -0.2) is 21.2 Å². The van der Waals surface area contributed by atoms with E-state index < -0.39 is 16.1 Å². The number of phenolic OH excluding ortho intramolecular Hbond substituents is 1. The van der Waals surface area contributed by atoms with Gasteiger partial charge in [-0.05, 0) is 65.9 Å². The van der Waals surface area contributed by atoms with Crippen LogP contribution < -0.4 is 4.90 Å². The summed E-state index contributed by atoms with van der Waals surface area (Å²) in [6, 6.07) is 11.4. The third-order valence-corrected chi connectivity index (χ3v) is 4.67. The molecule has 0 atom stereocenters. The molecular formula is C18H11ClN2O5S. The Labute approximate surface area is 162 Å². The number of imide groups is 1. The molecule has 2 aromatic carbocycles. The van der Waals surface area contributed by atoms with E-state index in [4.69, 9.17) is 11.6 Å². The minimum atomic E-state index is -0.522. The van der Waals surface area contributed by atoms with Crippen LogP contribution in [0.3, 0.4) is 0 Å². The zero-order chi connectivity index (χ0) is 19.6. The first-order valence-electron chi connectivity index (χ1n) is 7.54. The number of carbonyl (C=O) groups is 2. The summed E-state index contributed by atoms with van der Waals surface area (Å²) in [7, 11) is 0. The molecule has 1 heterocycles. The number of nitro groups is 1. The molecule has 0 unspecified atom stereocenters. The third kappa shape index (κ3) is 4.18. The Morgan fingerprint density at radius 3 is 2.33 bits per heavy atom. The fraction of sp³-hybridized carbons (Fsp3) is 0. The average Bonchev–Trinajstić information content (AvgIpc) is 2.90. The minimum Gasteiger partial charge on any atom is -0.508 e. The quantitative estimate of drug-likeness (QED) is 0.453. The second-order valence-electron chi connectivity index (χ2n) is 5.41. The summed E-state index contributed by atoms with van der Waals surface area (Å²) >= 11 is 6.90. The van der Waals surface area contributed by atoms with Crippen LogP contribution in [0.5, 0.6) is 5.75 Å². The fourth-order valence-corrected chi connectivity index (χ4v) is 3.44. The van der Waals surface area contributed by atoms with Crippen molar-refractivity contribution in [2.45, 2.75) is 0 Å². The zero-order valence-corrected chi connectivity index (χ0v) is 15.1. The molecule has 0 saturated carbocycles. The number of nitrogens with zero attached hydrogens (tertiary/aromatic N) is 2. The van der Waals surface area contributed by atoms with Crippen LogP contribution in [0.15, 0.2) is 64.5 Å². The van der Waals surface area contributed by atoms with E-state index in [-0.39, 0.29) is 21.4 Å². The Morgan fingerprint density at radius 2 is 1.74 bits per heavy atom. The molecule has 2 amide bonds. The van der Waals surface area contributed by atoms with Gasteiger partial charge in [0.15, 0.2) is 0 Å². The lowest BCUT2D eigenvalue weighted by molar-refractivity contribution is -0.384. The number of nitro benzene ring substituents is 1. The summed E-state index contributed by atoms with van der Waals surface area (Å²) < 4.78 is 0. The molecule has 27 heavy (non-hydrogen) atoms. The van der Waals surface area contributed by atoms with Gasteiger partial charge in [-0.2, -0.15) is 0 Å². The molecule has 7 nitrogen and oxygen atoms in total. The van der Waals surface area contributed by atoms with Crippen LogP contribution >= 0.6 is 23.4 Å². The summed E-state index contributed by atoms with van der Waals surface area (Å²) in [4.78, 5) is 36.0. The highest BCUT2D eigenvalue weighted by atomic mass is 35.5. The number of amides is 2. The maximum absolute atomic E-state index is 12.5. The SMILES string of the molecule is O=C1SC(=C/C(Cl)=C\c2ccc([N+](=O)[O-])cc2)C(=O)N1c1ccc(O)cc1. The van der Waals surface area contributed by atoms with Crippen molar-refractivity contribution in [2.24, 2.45) is 0 Å². The fourth-order valence-electron chi connectivity index (χ4n) is 2.31. The third-order valence-electron chi connectivity index (χ3n) is 3.58. The lowest BCUT2D eigenvalue weighted by Crippen LogP contribution is -2.27. The molecule has 136 valence electrons. The molecule has 1 aliphatic rings. The summed E-state index contributed by atoms with van der Waals surface area (Å²) in [5.41, 5.74) is 0.909. The van der Waals surface area contributed by atoms with Crippen LogP contribution in [0, 0.1) is 10.1 Å². The van der Waals surface area contributed by atoms with Gasteiger partial charge in [0.25, 0.3) is 16.8 Å². The standard InChI is InChI=1S/C18H11ClN2O5S/c19-12(9-11-1-3-14(4-2-11)21(25)26)10-16-17(23)20(18(24)27-16)13-5-7-15(22)8-6-13/h1-10,22H/b12-9+,16-10?. The van der Waals surface area contributed by atoms with E-state index in [1.807, 2.05) is 0 Å². The van der Waals surface area contributed by atoms with Crippen molar-refractivity contribution >= 4 is 52.0 Å². The number of allylic oxidation sites excluding steroid dienone is 2. The maximum Gasteiger partial charge on any atom is 0.298 e. The van der Waals surface area contributed by atoms with Crippen LogP contribution in [0.4, 0.5) is 16.2 Å². The van der Waals surface area contributed by atoms with Crippen molar-refractivity contribution in [1.29, 1.82) is 0 Å². The smallest absolute Gasteiger partial charge is 0.298 e. The topological polar surface area (TPSA) is 101 Å². The molecule has 0 aromatic heterocycles. The molecule has 2 aromatic rings. The van der Waals surface area contributed by atoms with Gasteiger partial charge in [-0.3, -0.25) is 19.7 Å². The lowest BCUT2D eigenvalue weighted by Gasteiger charge is -2.12. The van der Waals surface area contributed by atoms with Crippen LogP contribution in [0.25, 0.3) is 6.08 Å². The maximum atomic E-state index is 12.5. The van der Waals surface area contributed by atoms with Crippen molar-refractivity contribution in [3.63, 3.8) is 0 Å². The largest absolute Gasteiger partial charge is 0.508 e. The van der Waals surface area contributed by atoms with Crippen molar-refractivity contribution < 1.29 is 19.6 Å². The Kier molecular flexibility index (Phi) is 5.29. The highest BCUT2D eigenvalue weighted by molar-refractivity contribution is 8.18. The van der Waals surface area contributed by atoms with Crippen molar-refractivity contribution in [2.75, 3.05) is 4.90 Å². The first kappa shape index (κ1) is 18.7. The number of carbonyl (C=O) groups excluding carboxylic acids is 2. The van der Waals surface area contributed by atoms with Crippen molar-refractivity contribution in [3.8, 4) is 5.75 Å². The van der Waals surface area contributed by atoms with Crippen LogP contribution in [0.2, 0.25) is 0 Å². The Balaban J connectivity index is 1.82. The van der Waals surface area contributed by atoms with Gasteiger partial charge in [0.1, 0.15) is 5.75 Å². The second-order valence-corrected chi connectivity index (χ2v) is 6.84. The average molecular weight is 403 g/mol. The van der Waals surface area contributed by atoms with Gasteiger partial charge < -0.3 is 5.11 Å². The van der Waals surface area contributed by atoms with Crippen LogP contribution in [-0.2, 0) is 4.79 Å². The zero-order valence-electron chi connectivity index (χ0n) is 13.5. The van der Waals surface area contributed by atoms with Gasteiger partial charge in [-0.15, -0.1) is 0 Å². The Hall–Kier alpha value is -3.10. The first-order chi connectivity index (χ1) is 12.8. The summed E-state index contributed by atoms with van der Waals surface area (Å²) in [5.74, 6) is -0.499. The molecule has 0 spiro atoms. The summed E-state index contributed by atoms with van der Waals surface area (Å²) in [5, 5.41) is 19.7. The van der Waals surface area contributed by atoms with E-state index in [2.05, 4.69) is 0 Å². The summed E-state index contributed by atoms with van der Waals surface area (Å²) in [6.45, 7) is 0. The second kappa shape index (κ2) is 7.65. The molecule has 1 N–H and O–H groups in total. The van der Waals surface area contributed by atoms with Gasteiger partial charge in [-0.1, -0.05) is 11.6 Å². The molecule has 1 saturated heterocycles. The summed E-state index contributed by atoms with van der Waals surface area (Å²) in [6.07, 6.45) is 2.90. The highest BCUT2D eigenvalue weighted by Gasteiger charge is 2.36.